The number of rotatable bonds is 1. The second-order valence-electron chi connectivity index (χ2n) is 3.78. The maximum absolute atomic E-state index is 11.7. The Morgan fingerprint density at radius 1 is 1.62 bits per heavy atom. The molecule has 1 aromatic rings. The van der Waals surface area contributed by atoms with Gasteiger partial charge in [-0.1, -0.05) is 0 Å². The maximum Gasteiger partial charge on any atom is 0.323 e. The summed E-state index contributed by atoms with van der Waals surface area (Å²) in [4.78, 5) is 13.3. The summed E-state index contributed by atoms with van der Waals surface area (Å²) in [6.45, 7) is 1.05. The average molecular weight is 222 g/mol. The molecule has 0 aromatic carbocycles. The van der Waals surface area contributed by atoms with E-state index in [1.165, 1.54) is 0 Å². The molecule has 6 nitrogen and oxygen atoms in total. The fraction of sp³-hybridized carbons (Fsp3) is 0.500. The van der Waals surface area contributed by atoms with Crippen LogP contribution in [0.3, 0.4) is 0 Å². The van der Waals surface area contributed by atoms with E-state index >= 15 is 0 Å². The Kier molecular flexibility index (Phi) is 3.31. The third kappa shape index (κ3) is 2.66. The van der Waals surface area contributed by atoms with Gasteiger partial charge in [-0.05, 0) is 25.0 Å². The predicted molar refractivity (Wildman–Crippen MR) is 57.9 cm³/mol. The molecule has 1 aliphatic heterocycles. The van der Waals surface area contributed by atoms with E-state index in [-0.39, 0.29) is 6.03 Å². The standard InChI is InChI=1S/C10H14N4O2/c15-8-3-2-6-14(7-8)10(16)12-9-4-1-5-11-13-9/h1,4-5,8,15H,2-3,6-7H2,(H,12,13,16). The van der Waals surface area contributed by atoms with E-state index < -0.39 is 6.10 Å². The van der Waals surface area contributed by atoms with Crippen molar-refractivity contribution in [3.63, 3.8) is 0 Å². The number of nitrogens with one attached hydrogen (secondary N) is 1. The summed E-state index contributed by atoms with van der Waals surface area (Å²) in [5, 5.41) is 19.5. The molecule has 1 atom stereocenters. The summed E-state index contributed by atoms with van der Waals surface area (Å²) in [5.74, 6) is 0.424. The number of aliphatic hydroxyl groups excluding tert-OH is 1. The number of hydrogen-bond acceptors (Lipinski definition) is 4. The van der Waals surface area contributed by atoms with Crippen molar-refractivity contribution >= 4 is 11.8 Å². The second kappa shape index (κ2) is 4.89. The van der Waals surface area contributed by atoms with Crippen LogP contribution in [0.15, 0.2) is 18.3 Å². The molecule has 1 unspecified atom stereocenters. The molecule has 6 heteroatoms. The molecule has 0 radical (unpaired) electrons. The lowest BCUT2D eigenvalue weighted by Crippen LogP contribution is -2.44. The predicted octanol–water partition coefficient (Wildman–Crippen LogP) is 0.465. The van der Waals surface area contributed by atoms with Crippen LogP contribution in [0.25, 0.3) is 0 Å². The van der Waals surface area contributed by atoms with Crippen LogP contribution in [0.2, 0.25) is 0 Å². The van der Waals surface area contributed by atoms with Crippen molar-refractivity contribution in [1.82, 2.24) is 15.1 Å². The lowest BCUT2D eigenvalue weighted by atomic mass is 10.1. The quantitative estimate of drug-likeness (QED) is 0.723. The molecule has 0 bridgehead atoms. The van der Waals surface area contributed by atoms with Gasteiger partial charge < -0.3 is 10.0 Å². The van der Waals surface area contributed by atoms with Crippen LogP contribution in [-0.4, -0.2) is 45.4 Å². The minimum absolute atomic E-state index is 0.237. The van der Waals surface area contributed by atoms with E-state index in [4.69, 9.17) is 0 Å². The molecule has 2 rings (SSSR count). The van der Waals surface area contributed by atoms with E-state index in [2.05, 4.69) is 15.5 Å². The Labute approximate surface area is 93.3 Å². The summed E-state index contributed by atoms with van der Waals surface area (Å²) in [6, 6.07) is 3.14. The second-order valence-corrected chi connectivity index (χ2v) is 3.78. The summed E-state index contributed by atoms with van der Waals surface area (Å²) in [6.07, 6.45) is 2.71. The van der Waals surface area contributed by atoms with Crippen LogP contribution in [0.5, 0.6) is 0 Å². The molecule has 2 N–H and O–H groups in total. The van der Waals surface area contributed by atoms with Crippen molar-refractivity contribution in [2.45, 2.75) is 18.9 Å². The molecule has 0 spiro atoms. The maximum atomic E-state index is 11.7. The Morgan fingerprint density at radius 3 is 3.19 bits per heavy atom. The van der Waals surface area contributed by atoms with E-state index in [1.807, 2.05) is 0 Å². The van der Waals surface area contributed by atoms with Gasteiger partial charge in [0.05, 0.1) is 6.10 Å². The number of aliphatic hydroxyl groups is 1. The first-order valence-electron chi connectivity index (χ1n) is 5.27. The van der Waals surface area contributed by atoms with Crippen LogP contribution >= 0.6 is 0 Å². The highest BCUT2D eigenvalue weighted by Crippen LogP contribution is 2.11. The molecule has 1 aliphatic rings. The van der Waals surface area contributed by atoms with Crippen LogP contribution < -0.4 is 5.32 Å². The van der Waals surface area contributed by atoms with Crippen molar-refractivity contribution < 1.29 is 9.90 Å². The Morgan fingerprint density at radius 2 is 2.50 bits per heavy atom. The van der Waals surface area contributed by atoms with Gasteiger partial charge in [-0.25, -0.2) is 4.79 Å². The number of piperidine rings is 1. The number of anilines is 1. The number of nitrogens with zero attached hydrogens (tertiary/aromatic N) is 3. The number of urea groups is 1. The van der Waals surface area contributed by atoms with Crippen molar-refractivity contribution in [2.24, 2.45) is 0 Å². The van der Waals surface area contributed by atoms with E-state index in [1.54, 1.807) is 23.2 Å². The lowest BCUT2D eigenvalue weighted by Gasteiger charge is -2.29. The van der Waals surface area contributed by atoms with E-state index in [0.717, 1.165) is 12.8 Å². The number of β-amino-alcohol motifs (C(OH)–C–C–N with tert-alkyl or cyclic N) is 1. The smallest absolute Gasteiger partial charge is 0.323 e. The molecule has 2 amide bonds. The fourth-order valence-corrected chi connectivity index (χ4v) is 1.70. The van der Waals surface area contributed by atoms with Gasteiger partial charge in [0.2, 0.25) is 0 Å². The van der Waals surface area contributed by atoms with Crippen LogP contribution in [0.1, 0.15) is 12.8 Å². The average Bonchev–Trinajstić information content (AvgIpc) is 2.30. The third-order valence-corrected chi connectivity index (χ3v) is 2.49. The molecular weight excluding hydrogens is 208 g/mol. The minimum atomic E-state index is -0.415. The van der Waals surface area contributed by atoms with Gasteiger partial charge in [-0.3, -0.25) is 5.32 Å². The van der Waals surface area contributed by atoms with Gasteiger partial charge in [-0.15, -0.1) is 5.10 Å². The monoisotopic (exact) mass is 222 g/mol. The van der Waals surface area contributed by atoms with Crippen LogP contribution in [0.4, 0.5) is 10.6 Å². The van der Waals surface area contributed by atoms with Crippen molar-refractivity contribution in [3.8, 4) is 0 Å². The topological polar surface area (TPSA) is 78.4 Å². The number of aromatic nitrogens is 2. The third-order valence-electron chi connectivity index (χ3n) is 2.49. The van der Waals surface area contributed by atoms with Crippen LogP contribution in [0, 0.1) is 0 Å². The molecule has 16 heavy (non-hydrogen) atoms. The zero-order valence-electron chi connectivity index (χ0n) is 8.83. The fourth-order valence-electron chi connectivity index (χ4n) is 1.70. The number of carbonyl (C=O) groups excluding carboxylic acids is 1. The molecule has 2 heterocycles. The van der Waals surface area contributed by atoms with Gasteiger partial charge in [0.15, 0.2) is 5.82 Å². The number of hydrogen-bond donors (Lipinski definition) is 2. The first kappa shape index (κ1) is 10.8. The molecule has 1 fully saturated rings. The molecular formula is C10H14N4O2. The van der Waals surface area contributed by atoms with Crippen LogP contribution in [-0.2, 0) is 0 Å². The summed E-state index contributed by atoms with van der Waals surface area (Å²) >= 11 is 0. The number of likely N-dealkylation sites (tertiary alicyclic amines) is 1. The zero-order chi connectivity index (χ0) is 11.4. The Hall–Kier alpha value is -1.69. The largest absolute Gasteiger partial charge is 0.391 e. The minimum Gasteiger partial charge on any atom is -0.391 e. The van der Waals surface area contributed by atoms with Gasteiger partial charge in [0, 0.05) is 19.3 Å². The molecule has 1 aromatic heterocycles. The Balaban J connectivity index is 1.93. The molecule has 0 saturated carbocycles. The summed E-state index contributed by atoms with van der Waals surface area (Å²) in [5.41, 5.74) is 0. The number of carbonyl (C=O) groups is 1. The van der Waals surface area contributed by atoms with Gasteiger partial charge in [0.1, 0.15) is 0 Å². The summed E-state index contributed by atoms with van der Waals surface area (Å²) < 4.78 is 0. The normalized spacial score (nSPS) is 20.6. The summed E-state index contributed by atoms with van der Waals surface area (Å²) in [7, 11) is 0. The van der Waals surface area contributed by atoms with E-state index in [0.29, 0.717) is 18.9 Å². The Bertz CT molecular complexity index is 357. The molecule has 1 saturated heterocycles. The van der Waals surface area contributed by atoms with Crippen molar-refractivity contribution in [2.75, 3.05) is 18.4 Å². The highest BCUT2D eigenvalue weighted by atomic mass is 16.3. The first-order valence-corrected chi connectivity index (χ1v) is 5.27. The van der Waals surface area contributed by atoms with E-state index in [9.17, 15) is 9.90 Å². The zero-order valence-corrected chi connectivity index (χ0v) is 8.83. The SMILES string of the molecule is O=C(Nc1cccnn1)N1CCCC(O)C1. The van der Waals surface area contributed by atoms with Gasteiger partial charge in [-0.2, -0.15) is 5.10 Å². The van der Waals surface area contributed by atoms with Gasteiger partial charge >= 0.3 is 6.03 Å². The highest BCUT2D eigenvalue weighted by Gasteiger charge is 2.22. The highest BCUT2D eigenvalue weighted by molar-refractivity contribution is 5.88. The molecule has 0 aliphatic carbocycles. The van der Waals surface area contributed by atoms with Crippen molar-refractivity contribution in [1.29, 1.82) is 0 Å². The van der Waals surface area contributed by atoms with Gasteiger partial charge in [0.25, 0.3) is 0 Å². The molecule has 86 valence electrons. The van der Waals surface area contributed by atoms with Crippen molar-refractivity contribution in [3.05, 3.63) is 18.3 Å². The number of amides is 2. The lowest BCUT2D eigenvalue weighted by molar-refractivity contribution is 0.0883. The first-order chi connectivity index (χ1) is 7.75.